The van der Waals surface area contributed by atoms with Gasteiger partial charge in [0, 0.05) is 17.9 Å². The molecule has 15 heavy (non-hydrogen) atoms. The van der Waals surface area contributed by atoms with Gasteiger partial charge in [0.2, 0.25) is 0 Å². The van der Waals surface area contributed by atoms with Crippen LogP contribution in [0, 0.1) is 11.7 Å². The Labute approximate surface area is 89.7 Å². The van der Waals surface area contributed by atoms with Crippen molar-refractivity contribution in [3.8, 4) is 0 Å². The monoisotopic (exact) mass is 208 g/mol. The molecule has 2 nitrogen and oxygen atoms in total. The normalized spacial score (nSPS) is 16.1. The van der Waals surface area contributed by atoms with Crippen molar-refractivity contribution in [1.82, 2.24) is 0 Å². The number of benzene rings is 1. The summed E-state index contributed by atoms with van der Waals surface area (Å²) in [6.07, 6.45) is 5.26. The molecule has 0 aliphatic heterocycles. The lowest BCUT2D eigenvalue weighted by Gasteiger charge is -2.25. The van der Waals surface area contributed by atoms with E-state index in [1.54, 1.807) is 6.07 Å². The van der Waals surface area contributed by atoms with Crippen molar-refractivity contribution < 1.29 is 4.39 Å². The standard InChI is InChI=1S/C12H17FN2/c13-10-6-11(14)8-12(7-10)15-5-4-9-2-1-3-9/h6-9,15H,1-5,14H2. The van der Waals surface area contributed by atoms with E-state index in [2.05, 4.69) is 5.32 Å². The summed E-state index contributed by atoms with van der Waals surface area (Å²) >= 11 is 0. The van der Waals surface area contributed by atoms with Crippen LogP contribution in [0.25, 0.3) is 0 Å². The molecule has 0 spiro atoms. The molecule has 1 aliphatic carbocycles. The predicted octanol–water partition coefficient (Wildman–Crippen LogP) is 3.01. The van der Waals surface area contributed by atoms with Gasteiger partial charge in [0.15, 0.2) is 0 Å². The zero-order chi connectivity index (χ0) is 10.7. The van der Waals surface area contributed by atoms with E-state index in [0.29, 0.717) is 5.69 Å². The van der Waals surface area contributed by atoms with E-state index in [-0.39, 0.29) is 5.82 Å². The Balaban J connectivity index is 1.81. The van der Waals surface area contributed by atoms with E-state index >= 15 is 0 Å². The molecule has 0 bridgehead atoms. The molecule has 0 radical (unpaired) electrons. The highest BCUT2D eigenvalue weighted by Crippen LogP contribution is 2.29. The lowest BCUT2D eigenvalue weighted by Crippen LogP contribution is -2.15. The van der Waals surface area contributed by atoms with Gasteiger partial charge in [-0.15, -0.1) is 0 Å². The summed E-state index contributed by atoms with van der Waals surface area (Å²) in [7, 11) is 0. The molecule has 1 aromatic carbocycles. The van der Waals surface area contributed by atoms with Gasteiger partial charge in [0.1, 0.15) is 5.82 Å². The van der Waals surface area contributed by atoms with E-state index in [1.165, 1.54) is 37.8 Å². The maximum atomic E-state index is 13.0. The van der Waals surface area contributed by atoms with Crippen LogP contribution < -0.4 is 11.1 Å². The van der Waals surface area contributed by atoms with Gasteiger partial charge in [-0.05, 0) is 30.5 Å². The molecule has 0 atom stereocenters. The zero-order valence-electron chi connectivity index (χ0n) is 8.80. The number of nitrogen functional groups attached to an aromatic ring is 1. The Morgan fingerprint density at radius 3 is 2.73 bits per heavy atom. The minimum atomic E-state index is -0.277. The molecule has 0 amide bonds. The first-order valence-electron chi connectivity index (χ1n) is 5.54. The molecule has 0 unspecified atom stereocenters. The van der Waals surface area contributed by atoms with Crippen LogP contribution in [0.5, 0.6) is 0 Å². The molecule has 1 aliphatic rings. The van der Waals surface area contributed by atoms with E-state index in [4.69, 9.17) is 5.73 Å². The molecule has 2 rings (SSSR count). The Morgan fingerprint density at radius 2 is 2.13 bits per heavy atom. The van der Waals surface area contributed by atoms with Gasteiger partial charge in [-0.2, -0.15) is 0 Å². The summed E-state index contributed by atoms with van der Waals surface area (Å²) in [5, 5.41) is 3.21. The van der Waals surface area contributed by atoms with E-state index in [0.717, 1.165) is 18.2 Å². The first-order valence-corrected chi connectivity index (χ1v) is 5.54. The summed E-state index contributed by atoms with van der Waals surface area (Å²) in [5.41, 5.74) is 6.81. The topological polar surface area (TPSA) is 38.0 Å². The highest BCUT2D eigenvalue weighted by atomic mass is 19.1. The second kappa shape index (κ2) is 4.51. The van der Waals surface area contributed by atoms with Gasteiger partial charge in [-0.25, -0.2) is 4.39 Å². The third-order valence-electron chi connectivity index (χ3n) is 3.03. The van der Waals surface area contributed by atoms with Gasteiger partial charge in [-0.1, -0.05) is 19.3 Å². The first kappa shape index (κ1) is 10.3. The Morgan fingerprint density at radius 1 is 1.33 bits per heavy atom. The van der Waals surface area contributed by atoms with Crippen LogP contribution in [0.4, 0.5) is 15.8 Å². The lowest BCUT2D eigenvalue weighted by molar-refractivity contribution is 0.303. The van der Waals surface area contributed by atoms with Crippen LogP contribution in [0.1, 0.15) is 25.7 Å². The predicted molar refractivity (Wildman–Crippen MR) is 61.3 cm³/mol. The Bertz CT molecular complexity index is 314. The summed E-state index contributed by atoms with van der Waals surface area (Å²) in [6, 6.07) is 4.58. The second-order valence-electron chi connectivity index (χ2n) is 4.29. The van der Waals surface area contributed by atoms with Crippen LogP contribution in [-0.4, -0.2) is 6.54 Å². The number of nitrogens with two attached hydrogens (primary N) is 1. The number of halogens is 1. The summed E-state index contributed by atoms with van der Waals surface area (Å²) in [4.78, 5) is 0. The molecular formula is C12H17FN2. The van der Waals surface area contributed by atoms with E-state index in [9.17, 15) is 4.39 Å². The van der Waals surface area contributed by atoms with Crippen molar-refractivity contribution in [3.63, 3.8) is 0 Å². The van der Waals surface area contributed by atoms with Gasteiger partial charge in [-0.3, -0.25) is 0 Å². The molecule has 0 aromatic heterocycles. The van der Waals surface area contributed by atoms with Crippen molar-refractivity contribution in [2.45, 2.75) is 25.7 Å². The SMILES string of the molecule is Nc1cc(F)cc(NCCC2CCC2)c1. The number of rotatable bonds is 4. The fraction of sp³-hybridized carbons (Fsp3) is 0.500. The van der Waals surface area contributed by atoms with Crippen molar-refractivity contribution >= 4 is 11.4 Å². The molecule has 1 saturated carbocycles. The quantitative estimate of drug-likeness (QED) is 0.746. The summed E-state index contributed by atoms with van der Waals surface area (Å²) < 4.78 is 13.0. The Hall–Kier alpha value is -1.25. The fourth-order valence-electron chi connectivity index (χ4n) is 1.92. The Kier molecular flexibility index (Phi) is 3.09. The summed E-state index contributed by atoms with van der Waals surface area (Å²) in [6.45, 7) is 0.910. The molecule has 1 aromatic rings. The second-order valence-corrected chi connectivity index (χ2v) is 4.29. The van der Waals surface area contributed by atoms with Crippen LogP contribution in [-0.2, 0) is 0 Å². The molecule has 0 heterocycles. The summed E-state index contributed by atoms with van der Waals surface area (Å²) in [5.74, 6) is 0.601. The van der Waals surface area contributed by atoms with Gasteiger partial charge in [0.05, 0.1) is 0 Å². The van der Waals surface area contributed by atoms with Crippen molar-refractivity contribution in [2.24, 2.45) is 5.92 Å². The van der Waals surface area contributed by atoms with Crippen LogP contribution in [0.2, 0.25) is 0 Å². The number of nitrogens with one attached hydrogen (secondary N) is 1. The average Bonchev–Trinajstić information content (AvgIpc) is 2.07. The van der Waals surface area contributed by atoms with E-state index < -0.39 is 0 Å². The third kappa shape index (κ3) is 2.85. The molecule has 82 valence electrons. The largest absolute Gasteiger partial charge is 0.399 e. The van der Waals surface area contributed by atoms with Crippen LogP contribution in [0.15, 0.2) is 18.2 Å². The average molecular weight is 208 g/mol. The maximum absolute atomic E-state index is 13.0. The molecule has 0 saturated heterocycles. The number of anilines is 2. The molecular weight excluding hydrogens is 191 g/mol. The smallest absolute Gasteiger partial charge is 0.127 e. The van der Waals surface area contributed by atoms with Gasteiger partial charge < -0.3 is 11.1 Å². The van der Waals surface area contributed by atoms with Crippen LogP contribution in [0.3, 0.4) is 0 Å². The van der Waals surface area contributed by atoms with Crippen LogP contribution >= 0.6 is 0 Å². The van der Waals surface area contributed by atoms with Gasteiger partial charge in [0.25, 0.3) is 0 Å². The van der Waals surface area contributed by atoms with Crippen molar-refractivity contribution in [2.75, 3.05) is 17.6 Å². The number of hydrogen-bond acceptors (Lipinski definition) is 2. The minimum absolute atomic E-state index is 0.277. The maximum Gasteiger partial charge on any atom is 0.127 e. The fourth-order valence-corrected chi connectivity index (χ4v) is 1.92. The molecule has 3 N–H and O–H groups in total. The molecule has 3 heteroatoms. The highest BCUT2D eigenvalue weighted by molar-refractivity contribution is 5.54. The van der Waals surface area contributed by atoms with Crippen molar-refractivity contribution in [1.29, 1.82) is 0 Å². The van der Waals surface area contributed by atoms with Gasteiger partial charge >= 0.3 is 0 Å². The first-order chi connectivity index (χ1) is 7.24. The zero-order valence-corrected chi connectivity index (χ0v) is 8.80. The molecule has 1 fully saturated rings. The number of hydrogen-bond donors (Lipinski definition) is 2. The van der Waals surface area contributed by atoms with E-state index in [1.807, 2.05) is 0 Å². The minimum Gasteiger partial charge on any atom is -0.399 e. The third-order valence-corrected chi connectivity index (χ3v) is 3.03. The lowest BCUT2D eigenvalue weighted by atomic mass is 9.83. The van der Waals surface area contributed by atoms with Crippen molar-refractivity contribution in [3.05, 3.63) is 24.0 Å². The highest BCUT2D eigenvalue weighted by Gasteiger charge is 2.16.